The lowest BCUT2D eigenvalue weighted by Crippen LogP contribution is -2.43. The molecule has 3 atom stereocenters. The zero-order valence-corrected chi connectivity index (χ0v) is 10.4. The normalized spacial score (nSPS) is 23.6. The molecule has 1 rings (SSSR count). The van der Waals surface area contributed by atoms with Crippen LogP contribution in [0.1, 0.15) is 33.6 Å². The van der Waals surface area contributed by atoms with Crippen LogP contribution in [0.25, 0.3) is 0 Å². The third-order valence-corrected chi connectivity index (χ3v) is 3.94. The van der Waals surface area contributed by atoms with Crippen LogP contribution >= 0.6 is 0 Å². The van der Waals surface area contributed by atoms with Gasteiger partial charge in [0.1, 0.15) is 0 Å². The van der Waals surface area contributed by atoms with Gasteiger partial charge >= 0.3 is 0 Å². The van der Waals surface area contributed by atoms with Crippen molar-refractivity contribution in [1.82, 2.24) is 10.2 Å². The molecule has 0 aromatic heterocycles. The van der Waals surface area contributed by atoms with Gasteiger partial charge in [-0.2, -0.15) is 0 Å². The standard InChI is InChI=1S/C12H26N2/c1-9(8-13-4)10(2)14(5)11(3)12-6-7-12/h9-13H,6-8H2,1-5H3. The van der Waals surface area contributed by atoms with Crippen molar-refractivity contribution in [2.45, 2.75) is 45.7 Å². The number of rotatable bonds is 6. The van der Waals surface area contributed by atoms with Crippen molar-refractivity contribution in [1.29, 1.82) is 0 Å². The fraction of sp³-hybridized carbons (Fsp3) is 1.00. The average Bonchev–Trinajstić information content (AvgIpc) is 2.98. The van der Waals surface area contributed by atoms with Crippen LogP contribution in [-0.2, 0) is 0 Å². The first-order valence-corrected chi connectivity index (χ1v) is 5.94. The van der Waals surface area contributed by atoms with Crippen molar-refractivity contribution in [3.8, 4) is 0 Å². The highest BCUT2D eigenvalue weighted by Crippen LogP contribution is 2.35. The van der Waals surface area contributed by atoms with Gasteiger partial charge < -0.3 is 10.2 Å². The molecule has 1 fully saturated rings. The van der Waals surface area contributed by atoms with Crippen LogP contribution in [0.15, 0.2) is 0 Å². The molecule has 84 valence electrons. The summed E-state index contributed by atoms with van der Waals surface area (Å²) in [5.41, 5.74) is 0. The average molecular weight is 198 g/mol. The number of nitrogens with zero attached hydrogens (tertiary/aromatic N) is 1. The van der Waals surface area contributed by atoms with E-state index in [2.05, 4.69) is 38.0 Å². The molecule has 2 nitrogen and oxygen atoms in total. The van der Waals surface area contributed by atoms with Gasteiger partial charge in [0.2, 0.25) is 0 Å². The van der Waals surface area contributed by atoms with E-state index in [1.54, 1.807) is 0 Å². The van der Waals surface area contributed by atoms with Crippen LogP contribution in [0.3, 0.4) is 0 Å². The van der Waals surface area contributed by atoms with E-state index in [0.29, 0.717) is 6.04 Å². The van der Waals surface area contributed by atoms with Crippen LogP contribution in [0.4, 0.5) is 0 Å². The summed E-state index contributed by atoms with van der Waals surface area (Å²) in [6, 6.07) is 1.45. The molecule has 0 aromatic carbocycles. The Labute approximate surface area is 89.1 Å². The highest BCUT2D eigenvalue weighted by Gasteiger charge is 2.33. The Morgan fingerprint density at radius 3 is 2.29 bits per heavy atom. The van der Waals surface area contributed by atoms with Gasteiger partial charge in [-0.15, -0.1) is 0 Å². The van der Waals surface area contributed by atoms with Crippen molar-refractivity contribution >= 4 is 0 Å². The first-order chi connectivity index (χ1) is 6.57. The second kappa shape index (κ2) is 5.13. The summed E-state index contributed by atoms with van der Waals surface area (Å²) in [7, 11) is 4.31. The van der Waals surface area contributed by atoms with Crippen LogP contribution in [0, 0.1) is 11.8 Å². The van der Waals surface area contributed by atoms with Crippen LogP contribution < -0.4 is 5.32 Å². The van der Waals surface area contributed by atoms with Crippen molar-refractivity contribution < 1.29 is 0 Å². The predicted octanol–water partition coefficient (Wildman–Crippen LogP) is 1.96. The maximum Gasteiger partial charge on any atom is 0.0104 e. The maximum atomic E-state index is 3.26. The monoisotopic (exact) mass is 198 g/mol. The summed E-state index contributed by atoms with van der Waals surface area (Å²) in [4.78, 5) is 2.56. The Bertz CT molecular complexity index is 166. The molecule has 0 heterocycles. The highest BCUT2D eigenvalue weighted by atomic mass is 15.2. The van der Waals surface area contributed by atoms with Gasteiger partial charge in [0.05, 0.1) is 0 Å². The van der Waals surface area contributed by atoms with E-state index < -0.39 is 0 Å². The maximum absolute atomic E-state index is 3.26. The van der Waals surface area contributed by atoms with Gasteiger partial charge in [-0.25, -0.2) is 0 Å². The number of nitrogens with one attached hydrogen (secondary N) is 1. The quantitative estimate of drug-likeness (QED) is 0.702. The summed E-state index contributed by atoms with van der Waals surface area (Å²) in [5, 5.41) is 3.26. The Kier molecular flexibility index (Phi) is 4.39. The second-order valence-corrected chi connectivity index (χ2v) is 5.02. The molecule has 2 heteroatoms. The van der Waals surface area contributed by atoms with Crippen LogP contribution in [0.2, 0.25) is 0 Å². The van der Waals surface area contributed by atoms with E-state index in [1.807, 2.05) is 7.05 Å². The van der Waals surface area contributed by atoms with Crippen molar-refractivity contribution in [2.75, 3.05) is 20.6 Å². The minimum atomic E-state index is 0.679. The molecule has 0 aromatic rings. The lowest BCUT2D eigenvalue weighted by Gasteiger charge is -2.34. The molecule has 1 saturated carbocycles. The van der Waals surface area contributed by atoms with E-state index in [4.69, 9.17) is 0 Å². The third-order valence-electron chi connectivity index (χ3n) is 3.94. The molecule has 0 amide bonds. The van der Waals surface area contributed by atoms with E-state index in [0.717, 1.165) is 24.4 Å². The second-order valence-electron chi connectivity index (χ2n) is 5.02. The van der Waals surface area contributed by atoms with Gasteiger partial charge in [0, 0.05) is 12.1 Å². The predicted molar refractivity (Wildman–Crippen MR) is 62.5 cm³/mol. The van der Waals surface area contributed by atoms with E-state index in [1.165, 1.54) is 12.8 Å². The molecular weight excluding hydrogens is 172 g/mol. The third kappa shape index (κ3) is 2.96. The minimum absolute atomic E-state index is 0.679. The summed E-state index contributed by atoms with van der Waals surface area (Å²) in [5.74, 6) is 1.70. The van der Waals surface area contributed by atoms with E-state index >= 15 is 0 Å². The molecule has 3 unspecified atom stereocenters. The smallest absolute Gasteiger partial charge is 0.0104 e. The van der Waals surface area contributed by atoms with Gasteiger partial charge in [-0.05, 0) is 59.2 Å². The zero-order chi connectivity index (χ0) is 10.7. The Morgan fingerprint density at radius 1 is 1.29 bits per heavy atom. The zero-order valence-electron chi connectivity index (χ0n) is 10.4. The van der Waals surface area contributed by atoms with Gasteiger partial charge in [-0.1, -0.05) is 6.92 Å². The van der Waals surface area contributed by atoms with Crippen LogP contribution in [-0.4, -0.2) is 37.6 Å². The molecule has 1 N–H and O–H groups in total. The lowest BCUT2D eigenvalue weighted by molar-refractivity contribution is 0.137. The Balaban J connectivity index is 2.37. The van der Waals surface area contributed by atoms with E-state index in [-0.39, 0.29) is 0 Å². The fourth-order valence-corrected chi connectivity index (χ4v) is 2.18. The van der Waals surface area contributed by atoms with Crippen molar-refractivity contribution in [3.05, 3.63) is 0 Å². The van der Waals surface area contributed by atoms with Crippen molar-refractivity contribution in [3.63, 3.8) is 0 Å². The topological polar surface area (TPSA) is 15.3 Å². The molecule has 14 heavy (non-hydrogen) atoms. The summed E-state index contributed by atoms with van der Waals surface area (Å²) < 4.78 is 0. The highest BCUT2D eigenvalue weighted by molar-refractivity contribution is 4.87. The van der Waals surface area contributed by atoms with Gasteiger partial charge in [0.25, 0.3) is 0 Å². The Morgan fingerprint density at radius 2 is 1.86 bits per heavy atom. The molecular formula is C12H26N2. The minimum Gasteiger partial charge on any atom is -0.319 e. The molecule has 1 aliphatic carbocycles. The Hall–Kier alpha value is -0.0800. The summed E-state index contributed by atoms with van der Waals surface area (Å²) in [6.07, 6.45) is 2.89. The van der Waals surface area contributed by atoms with E-state index in [9.17, 15) is 0 Å². The van der Waals surface area contributed by atoms with Gasteiger partial charge in [0.15, 0.2) is 0 Å². The first kappa shape index (κ1) is 12.0. The van der Waals surface area contributed by atoms with Crippen molar-refractivity contribution in [2.24, 2.45) is 11.8 Å². The fourth-order valence-electron chi connectivity index (χ4n) is 2.18. The van der Waals surface area contributed by atoms with Gasteiger partial charge in [-0.3, -0.25) is 0 Å². The summed E-state index contributed by atoms with van der Waals surface area (Å²) in [6.45, 7) is 8.17. The van der Waals surface area contributed by atoms with Crippen LogP contribution in [0.5, 0.6) is 0 Å². The number of hydrogen-bond donors (Lipinski definition) is 1. The summed E-state index contributed by atoms with van der Waals surface area (Å²) >= 11 is 0. The number of hydrogen-bond acceptors (Lipinski definition) is 2. The lowest BCUT2D eigenvalue weighted by atomic mass is 10.00. The molecule has 0 aliphatic heterocycles. The molecule has 0 saturated heterocycles. The largest absolute Gasteiger partial charge is 0.319 e. The molecule has 0 bridgehead atoms. The SMILES string of the molecule is CNCC(C)C(C)N(C)C(C)C1CC1. The molecule has 0 radical (unpaired) electrons. The molecule has 0 spiro atoms. The first-order valence-electron chi connectivity index (χ1n) is 5.94. The molecule has 1 aliphatic rings.